The monoisotopic (exact) mass is 451 g/mol. The van der Waals surface area contributed by atoms with Crippen molar-refractivity contribution in [2.24, 2.45) is 11.7 Å². The number of ether oxygens (including phenoxy) is 2. The summed E-state index contributed by atoms with van der Waals surface area (Å²) in [5.41, 5.74) is 6.25. The van der Waals surface area contributed by atoms with Crippen molar-refractivity contribution < 1.29 is 19.0 Å². The third kappa shape index (κ3) is 9.69. The van der Waals surface area contributed by atoms with E-state index in [1.54, 1.807) is 12.1 Å². The van der Waals surface area contributed by atoms with Gasteiger partial charge in [-0.1, -0.05) is 26.0 Å². The van der Waals surface area contributed by atoms with Crippen molar-refractivity contribution in [1.82, 2.24) is 15.0 Å². The maximum atomic E-state index is 13.1. The van der Waals surface area contributed by atoms with Crippen LogP contribution in [-0.2, 0) is 16.0 Å². The molecule has 0 aliphatic carbocycles. The van der Waals surface area contributed by atoms with Gasteiger partial charge in [-0.3, -0.25) is 0 Å². The van der Waals surface area contributed by atoms with Crippen molar-refractivity contribution in [3.63, 3.8) is 0 Å². The van der Waals surface area contributed by atoms with Gasteiger partial charge in [-0.05, 0) is 23.6 Å². The second-order valence-corrected chi connectivity index (χ2v) is 7.40. The van der Waals surface area contributed by atoms with Crippen LogP contribution in [0.15, 0.2) is 24.3 Å². The van der Waals surface area contributed by atoms with Gasteiger partial charge in [0.2, 0.25) is 17.8 Å². The van der Waals surface area contributed by atoms with Crippen LogP contribution in [0.1, 0.15) is 19.4 Å². The lowest BCUT2D eigenvalue weighted by atomic mass is 10.1. The highest BCUT2D eigenvalue weighted by Crippen LogP contribution is 2.14. The highest BCUT2D eigenvalue weighted by molar-refractivity contribution is 5.43. The van der Waals surface area contributed by atoms with E-state index in [9.17, 15) is 9.50 Å². The predicted octanol–water partition coefficient (Wildman–Crippen LogP) is 1.46. The summed E-state index contributed by atoms with van der Waals surface area (Å²) in [5, 5.41) is 19.0. The highest BCUT2D eigenvalue weighted by Gasteiger charge is 2.15. The summed E-state index contributed by atoms with van der Waals surface area (Å²) in [5.74, 6) is 0.953. The summed E-state index contributed by atoms with van der Waals surface area (Å²) in [7, 11) is 0. The van der Waals surface area contributed by atoms with Crippen molar-refractivity contribution in [2.45, 2.75) is 26.4 Å². The summed E-state index contributed by atoms with van der Waals surface area (Å²) in [6, 6.07) is 5.99. The lowest BCUT2D eigenvalue weighted by Crippen LogP contribution is -2.30. The minimum absolute atomic E-state index is 0.0511. The number of nitrogens with two attached hydrogens (primary N) is 1. The number of halogens is 1. The molecule has 32 heavy (non-hydrogen) atoms. The molecule has 1 aromatic carbocycles. The fourth-order valence-corrected chi connectivity index (χ4v) is 2.61. The zero-order valence-electron chi connectivity index (χ0n) is 18.7. The smallest absolute Gasteiger partial charge is 0.229 e. The Labute approximate surface area is 188 Å². The molecule has 0 aliphatic heterocycles. The number of anilines is 3. The third-order valence-corrected chi connectivity index (χ3v) is 4.48. The number of aromatic nitrogens is 3. The molecule has 0 bridgehead atoms. The Balaban J connectivity index is 1.97. The number of aliphatic hydroxyl groups excluding tert-OH is 1. The Kier molecular flexibility index (Phi) is 11.6. The fourth-order valence-electron chi connectivity index (χ4n) is 2.61. The van der Waals surface area contributed by atoms with Crippen LogP contribution in [0.25, 0.3) is 0 Å². The van der Waals surface area contributed by atoms with E-state index in [1.807, 2.05) is 13.8 Å². The number of aliphatic hydroxyl groups is 1. The maximum Gasteiger partial charge on any atom is 0.229 e. The Morgan fingerprint density at radius 3 is 2.19 bits per heavy atom. The van der Waals surface area contributed by atoms with Crippen LogP contribution in [0.2, 0.25) is 0 Å². The number of hydrogen-bond donors (Lipinski definition) is 5. The largest absolute Gasteiger partial charge is 0.394 e. The second-order valence-electron chi connectivity index (χ2n) is 7.40. The molecule has 1 heterocycles. The lowest BCUT2D eigenvalue weighted by molar-refractivity contribution is 0.0547. The van der Waals surface area contributed by atoms with Crippen molar-refractivity contribution in [1.29, 1.82) is 0 Å². The molecule has 6 N–H and O–H groups in total. The standard InChI is InChI=1S/C21H34FN7O3/c1-15(2)18(14-30)26-21-28-19(24-8-10-32-12-11-31-9-7-23)27-20(29-21)25-13-16-3-5-17(22)6-4-16/h3-6,15,18,30H,7-14,23H2,1-2H3,(H3,24,25,26,27,28,29)/t18-/m0/s1. The maximum absolute atomic E-state index is 13.1. The first-order valence-electron chi connectivity index (χ1n) is 10.7. The van der Waals surface area contributed by atoms with Crippen molar-refractivity contribution in [3.05, 3.63) is 35.6 Å². The van der Waals surface area contributed by atoms with Crippen molar-refractivity contribution in [3.8, 4) is 0 Å². The average Bonchev–Trinajstić information content (AvgIpc) is 2.78. The first-order chi connectivity index (χ1) is 15.5. The summed E-state index contributed by atoms with van der Waals surface area (Å²) < 4.78 is 23.9. The second kappa shape index (κ2) is 14.5. The molecular formula is C21H34FN7O3. The normalized spacial score (nSPS) is 12.1. The van der Waals surface area contributed by atoms with Gasteiger partial charge in [-0.2, -0.15) is 15.0 Å². The number of benzene rings is 1. The first-order valence-corrected chi connectivity index (χ1v) is 10.7. The van der Waals surface area contributed by atoms with Crippen molar-refractivity contribution >= 4 is 17.8 Å². The van der Waals surface area contributed by atoms with Gasteiger partial charge in [-0.15, -0.1) is 0 Å². The molecule has 0 unspecified atom stereocenters. The van der Waals surface area contributed by atoms with E-state index in [4.69, 9.17) is 15.2 Å². The van der Waals surface area contributed by atoms with Gasteiger partial charge in [0.1, 0.15) is 5.82 Å². The molecule has 0 saturated heterocycles. The lowest BCUT2D eigenvalue weighted by Gasteiger charge is -2.20. The molecule has 2 aromatic rings. The van der Waals surface area contributed by atoms with Gasteiger partial charge in [0, 0.05) is 19.6 Å². The quantitative estimate of drug-likeness (QED) is 0.238. The fraction of sp³-hybridized carbons (Fsp3) is 0.571. The van der Waals surface area contributed by atoms with E-state index in [-0.39, 0.29) is 24.4 Å². The molecule has 0 radical (unpaired) electrons. The summed E-state index contributed by atoms with van der Waals surface area (Å²) in [6.07, 6.45) is 0. The molecule has 0 spiro atoms. The summed E-state index contributed by atoms with van der Waals surface area (Å²) in [6.45, 7) is 7.27. The number of hydrogen-bond acceptors (Lipinski definition) is 10. The van der Waals surface area contributed by atoms with Gasteiger partial charge in [0.25, 0.3) is 0 Å². The molecule has 1 aromatic heterocycles. The molecule has 0 saturated carbocycles. The number of nitrogens with zero attached hydrogens (tertiary/aromatic N) is 3. The van der Waals surface area contributed by atoms with Gasteiger partial charge in [-0.25, -0.2) is 4.39 Å². The molecule has 0 fully saturated rings. The topological polar surface area (TPSA) is 139 Å². The third-order valence-electron chi connectivity index (χ3n) is 4.48. The van der Waals surface area contributed by atoms with Gasteiger partial charge >= 0.3 is 0 Å². The van der Waals surface area contributed by atoms with Crippen LogP contribution in [0.5, 0.6) is 0 Å². The highest BCUT2D eigenvalue weighted by atomic mass is 19.1. The average molecular weight is 452 g/mol. The van der Waals surface area contributed by atoms with Gasteiger partial charge in [0.15, 0.2) is 0 Å². The Morgan fingerprint density at radius 2 is 1.56 bits per heavy atom. The van der Waals surface area contributed by atoms with Crippen LogP contribution in [0, 0.1) is 11.7 Å². The van der Waals surface area contributed by atoms with Gasteiger partial charge in [0.05, 0.1) is 39.1 Å². The van der Waals surface area contributed by atoms with Crippen molar-refractivity contribution in [2.75, 3.05) is 62.1 Å². The zero-order valence-corrected chi connectivity index (χ0v) is 18.7. The molecule has 10 nitrogen and oxygen atoms in total. The molecule has 0 amide bonds. The number of nitrogens with one attached hydrogen (secondary N) is 3. The molecule has 11 heteroatoms. The first kappa shape index (κ1) is 25.7. The predicted molar refractivity (Wildman–Crippen MR) is 122 cm³/mol. The summed E-state index contributed by atoms with van der Waals surface area (Å²) >= 11 is 0. The Bertz CT molecular complexity index is 780. The van der Waals surface area contributed by atoms with E-state index in [0.717, 1.165) is 5.56 Å². The van der Waals surface area contributed by atoms with E-state index in [0.29, 0.717) is 63.9 Å². The van der Waals surface area contributed by atoms with E-state index >= 15 is 0 Å². The van der Waals surface area contributed by atoms with E-state index in [1.165, 1.54) is 12.1 Å². The van der Waals surface area contributed by atoms with E-state index in [2.05, 4.69) is 30.9 Å². The van der Waals surface area contributed by atoms with Crippen LogP contribution in [0.4, 0.5) is 22.2 Å². The van der Waals surface area contributed by atoms with Crippen LogP contribution in [0.3, 0.4) is 0 Å². The van der Waals surface area contributed by atoms with Gasteiger partial charge < -0.3 is 36.3 Å². The van der Waals surface area contributed by atoms with Crippen LogP contribution < -0.4 is 21.7 Å². The number of rotatable bonds is 16. The molecule has 1 atom stereocenters. The zero-order chi connectivity index (χ0) is 23.2. The minimum Gasteiger partial charge on any atom is -0.394 e. The SMILES string of the molecule is CC(C)[C@H](CO)Nc1nc(NCCOCCOCCN)nc(NCc2ccc(F)cc2)n1. The van der Waals surface area contributed by atoms with Crippen LogP contribution >= 0.6 is 0 Å². The molecule has 178 valence electrons. The Hall–Kier alpha value is -2.60. The molecule has 2 rings (SSSR count). The van der Waals surface area contributed by atoms with E-state index < -0.39 is 0 Å². The van der Waals surface area contributed by atoms with Crippen LogP contribution in [-0.4, -0.2) is 72.2 Å². The molecular weight excluding hydrogens is 417 g/mol. The molecule has 0 aliphatic rings. The minimum atomic E-state index is -0.288. The summed E-state index contributed by atoms with van der Waals surface area (Å²) in [4.78, 5) is 13.2. The Morgan fingerprint density at radius 1 is 0.938 bits per heavy atom.